The molecule has 1 fully saturated rings. The lowest BCUT2D eigenvalue weighted by Gasteiger charge is -2.44. The second kappa shape index (κ2) is 3.44. The Morgan fingerprint density at radius 3 is 2.88 bits per heavy atom. The standard InChI is InChI=1S/C9H14N4O3/c1-9(2)7(4-10-9)16-8-6(13(14)15)5-12(3)11-8/h5,7,10H,4H2,1-3H3/t7-/m1/s1. The number of nitro groups is 1. The first-order chi connectivity index (χ1) is 7.40. The quantitative estimate of drug-likeness (QED) is 0.598. The fraction of sp³-hybridized carbons (Fsp3) is 0.667. The van der Waals surface area contributed by atoms with Crippen molar-refractivity contribution in [3.8, 4) is 5.88 Å². The zero-order valence-electron chi connectivity index (χ0n) is 9.43. The van der Waals surface area contributed by atoms with E-state index in [1.807, 2.05) is 13.8 Å². The van der Waals surface area contributed by atoms with Crippen molar-refractivity contribution in [3.05, 3.63) is 16.3 Å². The van der Waals surface area contributed by atoms with E-state index in [1.165, 1.54) is 10.9 Å². The highest BCUT2D eigenvalue weighted by atomic mass is 16.6. The molecule has 1 N–H and O–H groups in total. The molecule has 2 heterocycles. The van der Waals surface area contributed by atoms with E-state index in [-0.39, 0.29) is 23.2 Å². The minimum atomic E-state index is -0.485. The summed E-state index contributed by atoms with van der Waals surface area (Å²) in [5, 5.41) is 17.9. The molecule has 0 spiro atoms. The maximum absolute atomic E-state index is 10.7. The molecule has 1 saturated heterocycles. The second-order valence-electron chi connectivity index (χ2n) is 4.46. The summed E-state index contributed by atoms with van der Waals surface area (Å²) in [6, 6.07) is 0. The highest BCUT2D eigenvalue weighted by molar-refractivity contribution is 5.38. The molecule has 0 saturated carbocycles. The molecule has 1 aromatic heterocycles. The van der Waals surface area contributed by atoms with Gasteiger partial charge in [0.25, 0.3) is 0 Å². The Bertz CT molecular complexity index is 426. The van der Waals surface area contributed by atoms with Crippen LogP contribution in [0.3, 0.4) is 0 Å². The van der Waals surface area contributed by atoms with E-state index >= 15 is 0 Å². The number of aromatic nitrogens is 2. The highest BCUT2D eigenvalue weighted by Crippen LogP contribution is 2.29. The van der Waals surface area contributed by atoms with Gasteiger partial charge in [-0.15, -0.1) is 5.10 Å². The monoisotopic (exact) mass is 226 g/mol. The number of rotatable bonds is 3. The Kier molecular flexibility index (Phi) is 2.34. The van der Waals surface area contributed by atoms with Crippen molar-refractivity contribution >= 4 is 5.69 Å². The molecule has 88 valence electrons. The van der Waals surface area contributed by atoms with Gasteiger partial charge < -0.3 is 10.1 Å². The highest BCUT2D eigenvalue weighted by Gasteiger charge is 2.41. The Morgan fingerprint density at radius 1 is 1.75 bits per heavy atom. The van der Waals surface area contributed by atoms with Crippen molar-refractivity contribution in [1.82, 2.24) is 15.1 Å². The van der Waals surface area contributed by atoms with Crippen LogP contribution in [0, 0.1) is 10.1 Å². The average molecular weight is 226 g/mol. The molecule has 0 bridgehead atoms. The van der Waals surface area contributed by atoms with E-state index < -0.39 is 4.92 Å². The molecule has 1 aliphatic rings. The van der Waals surface area contributed by atoms with Crippen LogP contribution >= 0.6 is 0 Å². The normalized spacial score (nSPS) is 22.6. The Balaban J connectivity index is 2.18. The van der Waals surface area contributed by atoms with E-state index in [4.69, 9.17) is 4.74 Å². The molecule has 7 heteroatoms. The molecule has 1 aliphatic heterocycles. The van der Waals surface area contributed by atoms with E-state index in [1.54, 1.807) is 7.05 Å². The van der Waals surface area contributed by atoms with Crippen molar-refractivity contribution in [2.45, 2.75) is 25.5 Å². The Hall–Kier alpha value is -1.63. The van der Waals surface area contributed by atoms with Crippen molar-refractivity contribution in [3.63, 3.8) is 0 Å². The predicted octanol–water partition coefficient (Wildman–Crippen LogP) is 0.457. The van der Waals surface area contributed by atoms with Crippen LogP contribution in [0.2, 0.25) is 0 Å². The van der Waals surface area contributed by atoms with Crippen LogP contribution in [0.15, 0.2) is 6.20 Å². The summed E-state index contributed by atoms with van der Waals surface area (Å²) in [5.41, 5.74) is -0.254. The Morgan fingerprint density at radius 2 is 2.44 bits per heavy atom. The molecule has 0 aliphatic carbocycles. The summed E-state index contributed by atoms with van der Waals surface area (Å²) in [4.78, 5) is 10.3. The number of nitrogens with zero attached hydrogens (tertiary/aromatic N) is 3. The van der Waals surface area contributed by atoms with Gasteiger partial charge in [0.1, 0.15) is 12.3 Å². The summed E-state index contributed by atoms with van der Waals surface area (Å²) in [6.45, 7) is 4.65. The largest absolute Gasteiger partial charge is 0.465 e. The molecule has 2 rings (SSSR count). The fourth-order valence-electron chi connectivity index (χ4n) is 1.58. The molecular formula is C9H14N4O3. The van der Waals surface area contributed by atoms with Crippen molar-refractivity contribution in [1.29, 1.82) is 0 Å². The SMILES string of the molecule is Cn1cc([N+](=O)[O-])c(O[C@@H]2CNC2(C)C)n1. The molecule has 16 heavy (non-hydrogen) atoms. The van der Waals surface area contributed by atoms with Gasteiger partial charge in [-0.1, -0.05) is 0 Å². The molecule has 0 amide bonds. The van der Waals surface area contributed by atoms with Gasteiger partial charge in [0.15, 0.2) is 0 Å². The van der Waals surface area contributed by atoms with Gasteiger partial charge in [-0.3, -0.25) is 14.8 Å². The van der Waals surface area contributed by atoms with E-state index in [0.717, 1.165) is 0 Å². The summed E-state index contributed by atoms with van der Waals surface area (Å²) < 4.78 is 6.92. The van der Waals surface area contributed by atoms with Gasteiger partial charge >= 0.3 is 11.6 Å². The Labute approximate surface area is 92.5 Å². The van der Waals surface area contributed by atoms with E-state index in [9.17, 15) is 10.1 Å². The number of nitrogens with one attached hydrogen (secondary N) is 1. The summed E-state index contributed by atoms with van der Waals surface area (Å²) in [5.74, 6) is 0.0899. The van der Waals surface area contributed by atoms with Gasteiger partial charge in [-0.2, -0.15) is 0 Å². The first-order valence-corrected chi connectivity index (χ1v) is 5.00. The molecule has 0 unspecified atom stereocenters. The third-order valence-electron chi connectivity index (χ3n) is 2.78. The average Bonchev–Trinajstić information content (AvgIpc) is 2.55. The summed E-state index contributed by atoms with van der Waals surface area (Å²) in [6.07, 6.45) is 1.26. The van der Waals surface area contributed by atoms with Crippen molar-refractivity contribution < 1.29 is 9.66 Å². The van der Waals surface area contributed by atoms with Crippen LogP contribution in [0.4, 0.5) is 5.69 Å². The molecular weight excluding hydrogens is 212 g/mol. The minimum Gasteiger partial charge on any atom is -0.465 e. The van der Waals surface area contributed by atoms with Gasteiger partial charge in [-0.25, -0.2) is 0 Å². The van der Waals surface area contributed by atoms with Crippen molar-refractivity contribution in [2.75, 3.05) is 6.54 Å². The van der Waals surface area contributed by atoms with Crippen LogP contribution in [0.25, 0.3) is 0 Å². The van der Waals surface area contributed by atoms with Crippen LogP contribution in [0.5, 0.6) is 5.88 Å². The van der Waals surface area contributed by atoms with Gasteiger partial charge in [-0.05, 0) is 13.8 Å². The van der Waals surface area contributed by atoms with Gasteiger partial charge in [0.2, 0.25) is 0 Å². The fourth-order valence-corrected chi connectivity index (χ4v) is 1.58. The van der Waals surface area contributed by atoms with Gasteiger partial charge in [0.05, 0.1) is 10.5 Å². The first kappa shape index (κ1) is 10.9. The third kappa shape index (κ3) is 1.73. The van der Waals surface area contributed by atoms with Crippen LogP contribution in [-0.4, -0.2) is 32.9 Å². The van der Waals surface area contributed by atoms with Crippen LogP contribution < -0.4 is 10.1 Å². The lowest BCUT2D eigenvalue weighted by molar-refractivity contribution is -0.386. The first-order valence-electron chi connectivity index (χ1n) is 5.00. The molecule has 0 radical (unpaired) electrons. The lowest BCUT2D eigenvalue weighted by Crippen LogP contribution is -2.67. The number of ether oxygens (including phenoxy) is 1. The summed E-state index contributed by atoms with van der Waals surface area (Å²) in [7, 11) is 1.63. The number of aryl methyl sites for hydroxylation is 1. The maximum atomic E-state index is 10.7. The van der Waals surface area contributed by atoms with Crippen molar-refractivity contribution in [2.24, 2.45) is 7.05 Å². The molecule has 7 nitrogen and oxygen atoms in total. The second-order valence-corrected chi connectivity index (χ2v) is 4.46. The van der Waals surface area contributed by atoms with Crippen LogP contribution in [0.1, 0.15) is 13.8 Å². The summed E-state index contributed by atoms with van der Waals surface area (Å²) >= 11 is 0. The molecule has 0 aromatic carbocycles. The predicted molar refractivity (Wildman–Crippen MR) is 56.4 cm³/mol. The molecule has 1 aromatic rings. The minimum absolute atomic E-state index is 0.0823. The smallest absolute Gasteiger partial charge is 0.350 e. The lowest BCUT2D eigenvalue weighted by atomic mass is 9.89. The zero-order valence-corrected chi connectivity index (χ0v) is 9.43. The topological polar surface area (TPSA) is 82.2 Å². The molecule has 1 atom stereocenters. The third-order valence-corrected chi connectivity index (χ3v) is 2.78. The van der Waals surface area contributed by atoms with E-state index in [0.29, 0.717) is 6.54 Å². The number of hydrogen-bond donors (Lipinski definition) is 1. The van der Waals surface area contributed by atoms with Gasteiger partial charge in [0, 0.05) is 13.6 Å². The zero-order chi connectivity index (χ0) is 11.9. The maximum Gasteiger partial charge on any atom is 0.350 e. The van der Waals surface area contributed by atoms with E-state index in [2.05, 4.69) is 10.4 Å². The number of hydrogen-bond acceptors (Lipinski definition) is 5. The van der Waals surface area contributed by atoms with Crippen LogP contribution in [-0.2, 0) is 7.05 Å².